The highest BCUT2D eigenvalue weighted by Gasteiger charge is 2.10. The first-order chi connectivity index (χ1) is 12.8. The molecule has 0 fully saturated rings. The molecule has 0 aliphatic carbocycles. The van der Waals surface area contributed by atoms with Crippen LogP contribution in [0.2, 0.25) is 0 Å². The summed E-state index contributed by atoms with van der Waals surface area (Å²) in [6.07, 6.45) is 6.44. The van der Waals surface area contributed by atoms with E-state index in [9.17, 15) is 0 Å². The Bertz CT molecular complexity index is 792. The monoisotopic (exact) mass is 347 g/mol. The summed E-state index contributed by atoms with van der Waals surface area (Å²) in [4.78, 5) is 17.7. The van der Waals surface area contributed by atoms with E-state index < -0.39 is 0 Å². The fourth-order valence-corrected chi connectivity index (χ4v) is 2.80. The van der Waals surface area contributed by atoms with Gasteiger partial charge in [-0.25, -0.2) is 4.98 Å². The van der Waals surface area contributed by atoms with Crippen molar-refractivity contribution in [2.24, 2.45) is 0 Å². The third-order valence-corrected chi connectivity index (χ3v) is 4.38. The average molecular weight is 347 g/mol. The predicted molar refractivity (Wildman–Crippen MR) is 106 cm³/mol. The SMILES string of the molecule is CCN(Cc1ccccc1)c1ccnc(N(C)CCc2ccncc2)n1. The summed E-state index contributed by atoms with van der Waals surface area (Å²) in [7, 11) is 2.04. The first-order valence-electron chi connectivity index (χ1n) is 8.98. The predicted octanol–water partition coefficient (Wildman–Crippen LogP) is 3.58. The second-order valence-corrected chi connectivity index (χ2v) is 6.24. The highest BCUT2D eigenvalue weighted by atomic mass is 15.3. The Morgan fingerprint density at radius 1 is 0.885 bits per heavy atom. The Morgan fingerprint density at radius 2 is 1.65 bits per heavy atom. The molecule has 0 spiro atoms. The standard InChI is InChI=1S/C21H25N5/c1-3-26(17-19-7-5-4-6-8-19)20-11-15-23-21(24-20)25(2)16-12-18-9-13-22-14-10-18/h4-11,13-15H,3,12,16-17H2,1-2H3. The zero-order valence-corrected chi connectivity index (χ0v) is 15.4. The van der Waals surface area contributed by atoms with Crippen molar-refractivity contribution in [2.75, 3.05) is 29.9 Å². The highest BCUT2D eigenvalue weighted by molar-refractivity contribution is 5.44. The number of pyridine rings is 1. The van der Waals surface area contributed by atoms with Crippen molar-refractivity contribution in [3.63, 3.8) is 0 Å². The molecule has 0 aliphatic heterocycles. The molecule has 2 aromatic heterocycles. The first kappa shape index (κ1) is 17.9. The van der Waals surface area contributed by atoms with Crippen LogP contribution >= 0.6 is 0 Å². The quantitative estimate of drug-likeness (QED) is 0.623. The molecule has 0 radical (unpaired) electrons. The normalized spacial score (nSPS) is 10.5. The summed E-state index contributed by atoms with van der Waals surface area (Å²) in [5.41, 5.74) is 2.54. The summed E-state index contributed by atoms with van der Waals surface area (Å²) >= 11 is 0. The highest BCUT2D eigenvalue weighted by Crippen LogP contribution is 2.17. The van der Waals surface area contributed by atoms with Crippen LogP contribution in [0.4, 0.5) is 11.8 Å². The summed E-state index contributed by atoms with van der Waals surface area (Å²) < 4.78 is 0. The molecule has 26 heavy (non-hydrogen) atoms. The lowest BCUT2D eigenvalue weighted by Crippen LogP contribution is -2.26. The van der Waals surface area contributed by atoms with Crippen LogP contribution < -0.4 is 9.80 Å². The Kier molecular flexibility index (Phi) is 6.14. The number of anilines is 2. The van der Waals surface area contributed by atoms with Crippen LogP contribution in [0.5, 0.6) is 0 Å². The molecule has 0 bridgehead atoms. The van der Waals surface area contributed by atoms with Crippen molar-refractivity contribution in [1.29, 1.82) is 0 Å². The molecule has 5 heteroatoms. The summed E-state index contributed by atoms with van der Waals surface area (Å²) in [5, 5.41) is 0. The van der Waals surface area contributed by atoms with Gasteiger partial charge in [0.1, 0.15) is 5.82 Å². The van der Waals surface area contributed by atoms with Crippen LogP contribution in [0, 0.1) is 0 Å². The molecule has 0 unspecified atom stereocenters. The fourth-order valence-electron chi connectivity index (χ4n) is 2.80. The zero-order valence-electron chi connectivity index (χ0n) is 15.4. The molecular weight excluding hydrogens is 322 g/mol. The number of nitrogens with zero attached hydrogens (tertiary/aromatic N) is 5. The lowest BCUT2D eigenvalue weighted by atomic mass is 10.2. The van der Waals surface area contributed by atoms with Gasteiger partial charge in [-0.15, -0.1) is 0 Å². The van der Waals surface area contributed by atoms with Crippen LogP contribution in [-0.2, 0) is 13.0 Å². The molecule has 0 N–H and O–H groups in total. The Morgan fingerprint density at radius 3 is 2.38 bits per heavy atom. The van der Waals surface area contributed by atoms with Crippen LogP contribution in [-0.4, -0.2) is 35.1 Å². The summed E-state index contributed by atoms with van der Waals surface area (Å²) in [6.45, 7) is 4.75. The van der Waals surface area contributed by atoms with E-state index >= 15 is 0 Å². The minimum atomic E-state index is 0.753. The van der Waals surface area contributed by atoms with Gasteiger partial charge in [-0.3, -0.25) is 4.98 Å². The van der Waals surface area contributed by atoms with Gasteiger partial charge in [0.15, 0.2) is 0 Å². The van der Waals surface area contributed by atoms with E-state index in [2.05, 4.69) is 51.0 Å². The molecular formula is C21H25N5. The van der Waals surface area contributed by atoms with Crippen molar-refractivity contribution < 1.29 is 0 Å². The topological polar surface area (TPSA) is 45.2 Å². The van der Waals surface area contributed by atoms with Gasteiger partial charge in [-0.1, -0.05) is 30.3 Å². The van der Waals surface area contributed by atoms with Gasteiger partial charge in [-0.2, -0.15) is 4.98 Å². The number of hydrogen-bond acceptors (Lipinski definition) is 5. The maximum Gasteiger partial charge on any atom is 0.227 e. The van der Waals surface area contributed by atoms with Gasteiger partial charge in [0.05, 0.1) is 0 Å². The molecule has 0 saturated heterocycles. The second-order valence-electron chi connectivity index (χ2n) is 6.24. The van der Waals surface area contributed by atoms with E-state index in [4.69, 9.17) is 4.98 Å². The van der Waals surface area contributed by atoms with Gasteiger partial charge in [-0.05, 0) is 42.7 Å². The van der Waals surface area contributed by atoms with Crippen LogP contribution in [0.15, 0.2) is 67.1 Å². The third kappa shape index (κ3) is 4.79. The minimum Gasteiger partial charge on any atom is -0.352 e. The number of hydrogen-bond donors (Lipinski definition) is 0. The van der Waals surface area contributed by atoms with Gasteiger partial charge in [0.2, 0.25) is 5.95 Å². The molecule has 134 valence electrons. The lowest BCUT2D eigenvalue weighted by molar-refractivity contribution is 0.792. The van der Waals surface area contributed by atoms with Gasteiger partial charge >= 0.3 is 0 Å². The number of rotatable bonds is 8. The molecule has 5 nitrogen and oxygen atoms in total. The van der Waals surface area contributed by atoms with E-state index in [1.165, 1.54) is 11.1 Å². The Hall–Kier alpha value is -2.95. The summed E-state index contributed by atoms with van der Waals surface area (Å²) in [5.74, 6) is 1.71. The Balaban J connectivity index is 1.68. The smallest absolute Gasteiger partial charge is 0.227 e. The van der Waals surface area contributed by atoms with Crippen molar-refractivity contribution in [3.8, 4) is 0 Å². The Labute approximate surface area is 155 Å². The maximum atomic E-state index is 4.78. The number of aromatic nitrogens is 3. The van der Waals surface area contributed by atoms with Crippen molar-refractivity contribution in [2.45, 2.75) is 19.9 Å². The maximum absolute atomic E-state index is 4.78. The summed E-state index contributed by atoms with van der Waals surface area (Å²) in [6, 6.07) is 16.5. The molecule has 2 heterocycles. The van der Waals surface area contributed by atoms with E-state index in [0.717, 1.165) is 37.8 Å². The molecule has 0 aliphatic rings. The van der Waals surface area contributed by atoms with Gasteiger partial charge < -0.3 is 9.80 Å². The van der Waals surface area contributed by atoms with E-state index in [-0.39, 0.29) is 0 Å². The van der Waals surface area contributed by atoms with E-state index in [1.54, 1.807) is 0 Å². The zero-order chi connectivity index (χ0) is 18.2. The minimum absolute atomic E-state index is 0.753. The first-order valence-corrected chi connectivity index (χ1v) is 8.98. The fraction of sp³-hybridized carbons (Fsp3) is 0.286. The van der Waals surface area contributed by atoms with Crippen LogP contribution in [0.25, 0.3) is 0 Å². The molecule has 1 aromatic carbocycles. The molecule has 0 saturated carbocycles. The average Bonchev–Trinajstić information content (AvgIpc) is 2.72. The van der Waals surface area contributed by atoms with Crippen molar-refractivity contribution >= 4 is 11.8 Å². The van der Waals surface area contributed by atoms with Gasteiger partial charge in [0.25, 0.3) is 0 Å². The van der Waals surface area contributed by atoms with Crippen molar-refractivity contribution in [1.82, 2.24) is 15.0 Å². The molecule has 0 amide bonds. The molecule has 3 aromatic rings. The van der Waals surface area contributed by atoms with Crippen LogP contribution in [0.3, 0.4) is 0 Å². The van der Waals surface area contributed by atoms with Crippen molar-refractivity contribution in [3.05, 3.63) is 78.2 Å². The number of benzene rings is 1. The third-order valence-electron chi connectivity index (χ3n) is 4.38. The van der Waals surface area contributed by atoms with E-state index in [1.807, 2.05) is 49.9 Å². The lowest BCUT2D eigenvalue weighted by Gasteiger charge is -2.24. The second kappa shape index (κ2) is 8.94. The van der Waals surface area contributed by atoms with E-state index in [0.29, 0.717) is 0 Å². The van der Waals surface area contributed by atoms with Crippen LogP contribution in [0.1, 0.15) is 18.1 Å². The molecule has 0 atom stereocenters. The number of likely N-dealkylation sites (N-methyl/N-ethyl adjacent to an activating group) is 1. The molecule has 3 rings (SSSR count). The largest absolute Gasteiger partial charge is 0.352 e. The van der Waals surface area contributed by atoms with Gasteiger partial charge in [0, 0.05) is 45.3 Å².